The second kappa shape index (κ2) is 13.7. The van der Waals surface area contributed by atoms with Crippen LogP contribution in [-0.4, -0.2) is 88.1 Å². The SMILES string of the molecule is O=C1CC[C@@H](N2C(=O)c3cc4c(cc3C2=O)CN(CC(=O)N2CC3(CCN(c5ccc([C@@H]6c7ccc(O)cc7CC[C@@H]6c6ccccc6)cc5)CC3)C2)C4)C(=O)N1. The highest BCUT2D eigenvalue weighted by Gasteiger charge is 2.48. The first-order valence-corrected chi connectivity index (χ1v) is 20.2. The summed E-state index contributed by atoms with van der Waals surface area (Å²) in [5.74, 6) is -1.04. The van der Waals surface area contributed by atoms with E-state index >= 15 is 0 Å². The Bertz CT molecular complexity index is 2280. The van der Waals surface area contributed by atoms with Gasteiger partial charge < -0.3 is 14.9 Å². The van der Waals surface area contributed by atoms with Gasteiger partial charge in [-0.15, -0.1) is 0 Å². The van der Waals surface area contributed by atoms with Crippen molar-refractivity contribution in [2.45, 2.75) is 69.5 Å². The maximum atomic E-state index is 13.5. The molecule has 5 amide bonds. The van der Waals surface area contributed by atoms with Gasteiger partial charge in [0, 0.05) is 62.7 Å². The van der Waals surface area contributed by atoms with Gasteiger partial charge in [0.15, 0.2) is 0 Å². The zero-order chi connectivity index (χ0) is 39.0. The molecule has 3 fully saturated rings. The van der Waals surface area contributed by atoms with Crippen molar-refractivity contribution in [2.75, 3.05) is 37.6 Å². The average Bonchev–Trinajstić information content (AvgIpc) is 3.71. The van der Waals surface area contributed by atoms with Gasteiger partial charge in [0.2, 0.25) is 17.7 Å². The fraction of sp³-hybridized carbons (Fsp3) is 0.370. The molecule has 0 radical (unpaired) electrons. The van der Waals surface area contributed by atoms with Crippen molar-refractivity contribution in [3.63, 3.8) is 0 Å². The van der Waals surface area contributed by atoms with Gasteiger partial charge >= 0.3 is 0 Å². The topological polar surface area (TPSA) is 131 Å². The molecule has 0 bridgehead atoms. The van der Waals surface area contributed by atoms with Gasteiger partial charge in [-0.25, -0.2) is 0 Å². The number of fused-ring (bicyclic) bond motifs is 3. The van der Waals surface area contributed by atoms with Crippen LogP contribution in [0.1, 0.15) is 98.0 Å². The van der Waals surface area contributed by atoms with Crippen LogP contribution in [0.4, 0.5) is 5.69 Å². The van der Waals surface area contributed by atoms with Crippen molar-refractivity contribution in [1.82, 2.24) is 20.0 Å². The third kappa shape index (κ3) is 6.19. The number of carbonyl (C=O) groups is 5. The molecule has 6 aliphatic rings. The van der Waals surface area contributed by atoms with Crippen LogP contribution in [-0.2, 0) is 33.9 Å². The second-order valence-corrected chi connectivity index (χ2v) is 17.0. The number of anilines is 1. The summed E-state index contributed by atoms with van der Waals surface area (Å²) < 4.78 is 0. The summed E-state index contributed by atoms with van der Waals surface area (Å²) in [6.45, 7) is 4.72. The fourth-order valence-corrected chi connectivity index (χ4v) is 10.5. The third-order valence-corrected chi connectivity index (χ3v) is 13.6. The highest BCUT2D eigenvalue weighted by atomic mass is 16.3. The van der Waals surface area contributed by atoms with E-state index in [2.05, 4.69) is 75.8 Å². The smallest absolute Gasteiger partial charge is 0.262 e. The summed E-state index contributed by atoms with van der Waals surface area (Å²) in [5.41, 5.74) is 8.93. The maximum Gasteiger partial charge on any atom is 0.262 e. The molecule has 11 nitrogen and oxygen atoms in total. The van der Waals surface area contributed by atoms with E-state index in [1.54, 1.807) is 12.1 Å². The van der Waals surface area contributed by atoms with Crippen LogP contribution < -0.4 is 10.2 Å². The van der Waals surface area contributed by atoms with E-state index in [1.807, 2.05) is 17.0 Å². The molecule has 0 aromatic heterocycles. The van der Waals surface area contributed by atoms with Gasteiger partial charge in [-0.2, -0.15) is 0 Å². The number of aryl methyl sites for hydroxylation is 1. The first kappa shape index (κ1) is 35.6. The minimum absolute atomic E-state index is 0.0796. The summed E-state index contributed by atoms with van der Waals surface area (Å²) in [6.07, 6.45) is 4.26. The van der Waals surface area contributed by atoms with E-state index in [0.29, 0.717) is 24.8 Å². The summed E-state index contributed by atoms with van der Waals surface area (Å²) >= 11 is 0. The first-order valence-electron chi connectivity index (χ1n) is 20.2. The minimum atomic E-state index is -0.991. The van der Waals surface area contributed by atoms with Crippen LogP contribution >= 0.6 is 0 Å². The number of rotatable bonds is 6. The second-order valence-electron chi connectivity index (χ2n) is 17.0. The molecule has 1 spiro atoms. The van der Waals surface area contributed by atoms with Crippen LogP contribution in [0, 0.1) is 5.41 Å². The summed E-state index contributed by atoms with van der Waals surface area (Å²) in [7, 11) is 0. The molecule has 0 unspecified atom stereocenters. The number of nitrogens with zero attached hydrogens (tertiary/aromatic N) is 4. The van der Waals surface area contributed by atoms with Crippen LogP contribution in [0.5, 0.6) is 5.75 Å². The van der Waals surface area contributed by atoms with Gasteiger partial charge in [0.05, 0.1) is 17.7 Å². The molecule has 4 aromatic carbocycles. The van der Waals surface area contributed by atoms with Gasteiger partial charge in [-0.1, -0.05) is 48.5 Å². The highest BCUT2D eigenvalue weighted by Crippen LogP contribution is 2.48. The molecular weight excluding hydrogens is 719 g/mol. The molecule has 2 N–H and O–H groups in total. The van der Waals surface area contributed by atoms with Gasteiger partial charge in [0.1, 0.15) is 11.8 Å². The molecule has 3 atom stereocenters. The van der Waals surface area contributed by atoms with Crippen molar-refractivity contribution in [3.8, 4) is 5.75 Å². The predicted octanol–water partition coefficient (Wildman–Crippen LogP) is 5.10. The number of phenolic OH excluding ortho intramolecular Hbond substituents is 1. The minimum Gasteiger partial charge on any atom is -0.508 e. The number of nitrogens with one attached hydrogen (secondary N) is 1. The molecular formula is C46H45N5O6. The molecule has 290 valence electrons. The zero-order valence-electron chi connectivity index (χ0n) is 31.8. The number of hydrogen-bond acceptors (Lipinski definition) is 8. The summed E-state index contributed by atoms with van der Waals surface area (Å²) in [5, 5.41) is 12.5. The Balaban J connectivity index is 0.739. The number of hydrogen-bond donors (Lipinski definition) is 2. The molecule has 1 aliphatic carbocycles. The van der Waals surface area contributed by atoms with Gasteiger partial charge in [-0.05, 0) is 108 Å². The largest absolute Gasteiger partial charge is 0.508 e. The van der Waals surface area contributed by atoms with E-state index in [0.717, 1.165) is 67.9 Å². The van der Waals surface area contributed by atoms with Crippen molar-refractivity contribution in [2.24, 2.45) is 5.41 Å². The van der Waals surface area contributed by atoms with Crippen molar-refractivity contribution < 1.29 is 29.1 Å². The van der Waals surface area contributed by atoms with Crippen molar-refractivity contribution in [3.05, 3.63) is 129 Å². The lowest BCUT2D eigenvalue weighted by atomic mass is 9.69. The zero-order valence-corrected chi connectivity index (χ0v) is 31.8. The number of piperidine rings is 2. The Morgan fingerprint density at radius 2 is 1.44 bits per heavy atom. The van der Waals surface area contributed by atoms with Crippen molar-refractivity contribution in [1.29, 1.82) is 0 Å². The van der Waals surface area contributed by atoms with E-state index < -0.39 is 29.7 Å². The molecule has 5 aliphatic heterocycles. The van der Waals surface area contributed by atoms with Crippen LogP contribution in [0.25, 0.3) is 0 Å². The molecule has 4 aromatic rings. The molecule has 3 saturated heterocycles. The van der Waals surface area contributed by atoms with Crippen LogP contribution in [0.15, 0.2) is 84.9 Å². The van der Waals surface area contributed by atoms with E-state index in [4.69, 9.17) is 0 Å². The molecule has 10 rings (SSSR count). The van der Waals surface area contributed by atoms with Gasteiger partial charge in [0.25, 0.3) is 11.8 Å². The highest BCUT2D eigenvalue weighted by molar-refractivity contribution is 6.23. The molecule has 57 heavy (non-hydrogen) atoms. The number of likely N-dealkylation sites (tertiary alicyclic amines) is 1. The Hall–Kier alpha value is -5.81. The number of amides is 5. The number of imide groups is 2. The lowest BCUT2D eigenvalue weighted by Crippen LogP contribution is -2.63. The predicted molar refractivity (Wildman–Crippen MR) is 212 cm³/mol. The third-order valence-electron chi connectivity index (χ3n) is 13.6. The van der Waals surface area contributed by atoms with Gasteiger partial charge in [-0.3, -0.25) is 39.1 Å². The normalized spacial score (nSPS) is 23.9. The maximum absolute atomic E-state index is 13.5. The number of aromatic hydroxyl groups is 1. The lowest BCUT2D eigenvalue weighted by molar-refractivity contribution is -0.146. The lowest BCUT2D eigenvalue weighted by Gasteiger charge is -2.54. The first-order chi connectivity index (χ1) is 27.6. The fourth-order valence-electron chi connectivity index (χ4n) is 10.5. The number of benzene rings is 4. The quantitative estimate of drug-likeness (QED) is 0.260. The summed E-state index contributed by atoms with van der Waals surface area (Å²) in [4.78, 5) is 71.7. The summed E-state index contributed by atoms with van der Waals surface area (Å²) in [6, 6.07) is 28.3. The van der Waals surface area contributed by atoms with Crippen LogP contribution in [0.2, 0.25) is 0 Å². The standard InChI is InChI=1S/C46H45N5O6/c52-34-11-13-36-30(20-34)8-12-35(28-4-2-1-3-5-28)42(36)29-6-9-33(10-7-29)49-18-16-46(17-19-49)26-50(27-46)41(54)25-48-23-31-21-37-38(22-32(31)24-48)45(57)51(44(37)56)39-14-15-40(53)47-43(39)55/h1-7,9-11,13,20-22,35,39,42,52H,8,12,14-19,23-27H2,(H,47,53,55)/t35-,39-,42+/m1/s1. The van der Waals surface area contributed by atoms with E-state index in [-0.39, 0.29) is 47.8 Å². The van der Waals surface area contributed by atoms with Crippen molar-refractivity contribution >= 4 is 35.2 Å². The van der Waals surface area contributed by atoms with E-state index in [1.165, 1.54) is 27.9 Å². The number of phenols is 1. The Morgan fingerprint density at radius 3 is 2.11 bits per heavy atom. The monoisotopic (exact) mass is 763 g/mol. The average molecular weight is 764 g/mol. The molecule has 5 heterocycles. The Labute approximate surface area is 331 Å². The molecule has 11 heteroatoms. The Kier molecular flexibility index (Phi) is 8.55. The molecule has 0 saturated carbocycles. The Morgan fingerprint density at radius 1 is 0.754 bits per heavy atom. The van der Waals surface area contributed by atoms with E-state index in [9.17, 15) is 29.1 Å². The number of carbonyl (C=O) groups excluding carboxylic acids is 5. The van der Waals surface area contributed by atoms with Crippen LogP contribution in [0.3, 0.4) is 0 Å².